The highest BCUT2D eigenvalue weighted by atomic mass is 16.2. The van der Waals surface area contributed by atoms with Crippen LogP contribution in [0, 0.1) is 13.8 Å². The number of hydrogen-bond acceptors (Lipinski definition) is 1. The molecule has 1 amide bonds. The number of carbonyl (C=O) groups is 1. The second-order valence-corrected chi connectivity index (χ2v) is 5.47. The molecule has 3 heteroatoms. The Balaban J connectivity index is 2.40. The number of nitrogens with zero attached hydrogens (tertiary/aromatic N) is 1. The molecule has 1 aromatic heterocycles. The summed E-state index contributed by atoms with van der Waals surface area (Å²) >= 11 is 0. The third-order valence-corrected chi connectivity index (χ3v) is 3.70. The molecule has 0 radical (unpaired) electrons. The summed E-state index contributed by atoms with van der Waals surface area (Å²) in [5, 5.41) is 1.15. The highest BCUT2D eigenvalue weighted by Gasteiger charge is 2.19. The van der Waals surface area contributed by atoms with Crippen molar-refractivity contribution in [2.24, 2.45) is 0 Å². The van der Waals surface area contributed by atoms with Crippen molar-refractivity contribution < 1.29 is 4.79 Å². The van der Waals surface area contributed by atoms with E-state index in [2.05, 4.69) is 44.0 Å². The lowest BCUT2D eigenvalue weighted by atomic mass is 10.1. The molecule has 1 heterocycles. The van der Waals surface area contributed by atoms with E-state index in [0.717, 1.165) is 48.1 Å². The van der Waals surface area contributed by atoms with Crippen molar-refractivity contribution in [1.29, 1.82) is 0 Å². The van der Waals surface area contributed by atoms with Crippen LogP contribution in [-0.4, -0.2) is 28.9 Å². The van der Waals surface area contributed by atoms with Gasteiger partial charge in [0.05, 0.1) is 0 Å². The average Bonchev–Trinajstić information content (AvgIpc) is 2.74. The van der Waals surface area contributed by atoms with Crippen molar-refractivity contribution >= 4 is 16.8 Å². The van der Waals surface area contributed by atoms with Gasteiger partial charge in [0.1, 0.15) is 5.69 Å². The van der Waals surface area contributed by atoms with Crippen LogP contribution in [0.2, 0.25) is 0 Å². The Kier molecular flexibility index (Phi) is 4.48. The molecule has 0 fully saturated rings. The summed E-state index contributed by atoms with van der Waals surface area (Å²) in [5.41, 5.74) is 4.06. The fourth-order valence-electron chi connectivity index (χ4n) is 2.68. The van der Waals surface area contributed by atoms with Crippen LogP contribution in [0.25, 0.3) is 10.9 Å². The zero-order valence-corrected chi connectivity index (χ0v) is 12.9. The molecule has 20 heavy (non-hydrogen) atoms. The Morgan fingerprint density at radius 3 is 2.40 bits per heavy atom. The highest BCUT2D eigenvalue weighted by Crippen LogP contribution is 2.23. The van der Waals surface area contributed by atoms with Gasteiger partial charge in [-0.1, -0.05) is 26.0 Å². The van der Waals surface area contributed by atoms with Gasteiger partial charge in [-0.05, 0) is 43.9 Å². The summed E-state index contributed by atoms with van der Waals surface area (Å²) in [6.07, 6.45) is 1.98. The van der Waals surface area contributed by atoms with Gasteiger partial charge in [0, 0.05) is 24.0 Å². The molecule has 0 saturated heterocycles. The first-order chi connectivity index (χ1) is 9.58. The average molecular weight is 272 g/mol. The number of aromatic amines is 1. The Bertz CT molecular complexity index is 607. The minimum Gasteiger partial charge on any atom is -0.350 e. The van der Waals surface area contributed by atoms with Crippen LogP contribution in [0.15, 0.2) is 18.2 Å². The number of amides is 1. The molecular formula is C17H24N2O. The van der Waals surface area contributed by atoms with E-state index in [-0.39, 0.29) is 5.91 Å². The van der Waals surface area contributed by atoms with Crippen LogP contribution in [0.5, 0.6) is 0 Å². The zero-order chi connectivity index (χ0) is 14.7. The predicted octanol–water partition coefficient (Wildman–Crippen LogP) is 4.05. The molecule has 2 rings (SSSR count). The number of fused-ring (bicyclic) bond motifs is 1. The van der Waals surface area contributed by atoms with Crippen molar-refractivity contribution in [3.8, 4) is 0 Å². The van der Waals surface area contributed by atoms with Gasteiger partial charge in [-0.2, -0.15) is 0 Å². The molecule has 0 aliphatic heterocycles. The second kappa shape index (κ2) is 6.12. The van der Waals surface area contributed by atoms with Gasteiger partial charge < -0.3 is 9.88 Å². The lowest BCUT2D eigenvalue weighted by Crippen LogP contribution is -2.33. The van der Waals surface area contributed by atoms with E-state index in [1.165, 1.54) is 5.56 Å². The lowest BCUT2D eigenvalue weighted by molar-refractivity contribution is 0.0750. The SMILES string of the molecule is CCCN(CCC)C(=O)c1[nH]c2cc(C)ccc2c1C. The van der Waals surface area contributed by atoms with Crippen molar-refractivity contribution in [1.82, 2.24) is 9.88 Å². The van der Waals surface area contributed by atoms with Gasteiger partial charge in [-0.3, -0.25) is 4.79 Å². The summed E-state index contributed by atoms with van der Waals surface area (Å²) in [4.78, 5) is 18.0. The van der Waals surface area contributed by atoms with Crippen LogP contribution < -0.4 is 0 Å². The number of carbonyl (C=O) groups excluding carboxylic acids is 1. The molecule has 0 saturated carbocycles. The second-order valence-electron chi connectivity index (χ2n) is 5.47. The molecule has 2 aromatic rings. The molecular weight excluding hydrogens is 248 g/mol. The molecule has 0 aliphatic carbocycles. The van der Waals surface area contributed by atoms with E-state index in [1.807, 2.05) is 11.8 Å². The normalized spacial score (nSPS) is 11.0. The Morgan fingerprint density at radius 1 is 1.15 bits per heavy atom. The van der Waals surface area contributed by atoms with Gasteiger partial charge in [0.2, 0.25) is 0 Å². The minimum absolute atomic E-state index is 0.125. The van der Waals surface area contributed by atoms with Gasteiger partial charge in [-0.25, -0.2) is 0 Å². The number of hydrogen-bond donors (Lipinski definition) is 1. The molecule has 0 spiro atoms. The maximum Gasteiger partial charge on any atom is 0.270 e. The molecule has 108 valence electrons. The monoisotopic (exact) mass is 272 g/mol. The number of nitrogens with one attached hydrogen (secondary N) is 1. The van der Waals surface area contributed by atoms with Crippen LogP contribution in [0.3, 0.4) is 0 Å². The van der Waals surface area contributed by atoms with Crippen LogP contribution in [0.4, 0.5) is 0 Å². The van der Waals surface area contributed by atoms with E-state index in [9.17, 15) is 4.79 Å². The Hall–Kier alpha value is -1.77. The topological polar surface area (TPSA) is 36.1 Å². The van der Waals surface area contributed by atoms with Crippen molar-refractivity contribution in [2.75, 3.05) is 13.1 Å². The molecule has 0 unspecified atom stereocenters. The third kappa shape index (κ3) is 2.72. The Morgan fingerprint density at radius 2 is 1.80 bits per heavy atom. The smallest absolute Gasteiger partial charge is 0.270 e. The molecule has 0 atom stereocenters. The largest absolute Gasteiger partial charge is 0.350 e. The highest BCUT2D eigenvalue weighted by molar-refractivity contribution is 6.01. The first kappa shape index (κ1) is 14.6. The Labute approximate surface area is 121 Å². The first-order valence-electron chi connectivity index (χ1n) is 7.46. The van der Waals surface area contributed by atoms with Crippen LogP contribution in [-0.2, 0) is 0 Å². The summed E-state index contributed by atoms with van der Waals surface area (Å²) in [6, 6.07) is 6.29. The number of rotatable bonds is 5. The van der Waals surface area contributed by atoms with Crippen molar-refractivity contribution in [2.45, 2.75) is 40.5 Å². The van der Waals surface area contributed by atoms with Crippen LogP contribution >= 0.6 is 0 Å². The summed E-state index contributed by atoms with van der Waals surface area (Å²) in [6.45, 7) is 9.95. The van der Waals surface area contributed by atoms with E-state index in [0.29, 0.717) is 0 Å². The quantitative estimate of drug-likeness (QED) is 0.876. The molecule has 1 N–H and O–H groups in total. The van der Waals surface area contributed by atoms with Gasteiger partial charge in [0.25, 0.3) is 5.91 Å². The predicted molar refractivity (Wildman–Crippen MR) is 84.3 cm³/mol. The lowest BCUT2D eigenvalue weighted by Gasteiger charge is -2.21. The van der Waals surface area contributed by atoms with Gasteiger partial charge in [-0.15, -0.1) is 0 Å². The summed E-state index contributed by atoms with van der Waals surface area (Å²) in [5.74, 6) is 0.125. The maximum atomic E-state index is 12.7. The van der Waals surface area contributed by atoms with Gasteiger partial charge >= 0.3 is 0 Å². The number of H-pyrrole nitrogens is 1. The van der Waals surface area contributed by atoms with E-state index < -0.39 is 0 Å². The van der Waals surface area contributed by atoms with Crippen molar-refractivity contribution in [3.05, 3.63) is 35.0 Å². The fourth-order valence-corrected chi connectivity index (χ4v) is 2.68. The molecule has 0 aliphatic rings. The molecule has 3 nitrogen and oxygen atoms in total. The molecule has 1 aromatic carbocycles. The van der Waals surface area contributed by atoms with E-state index in [1.54, 1.807) is 0 Å². The fraction of sp³-hybridized carbons (Fsp3) is 0.471. The number of aryl methyl sites for hydroxylation is 2. The van der Waals surface area contributed by atoms with E-state index in [4.69, 9.17) is 0 Å². The minimum atomic E-state index is 0.125. The van der Waals surface area contributed by atoms with Crippen LogP contribution in [0.1, 0.15) is 48.3 Å². The number of aromatic nitrogens is 1. The third-order valence-electron chi connectivity index (χ3n) is 3.70. The van der Waals surface area contributed by atoms with Gasteiger partial charge in [0.15, 0.2) is 0 Å². The van der Waals surface area contributed by atoms with E-state index >= 15 is 0 Å². The summed E-state index contributed by atoms with van der Waals surface area (Å²) in [7, 11) is 0. The van der Waals surface area contributed by atoms with Crippen molar-refractivity contribution in [3.63, 3.8) is 0 Å². The summed E-state index contributed by atoms with van der Waals surface area (Å²) < 4.78 is 0. The first-order valence-corrected chi connectivity index (χ1v) is 7.46. The maximum absolute atomic E-state index is 12.7. The zero-order valence-electron chi connectivity index (χ0n) is 12.9. The standard InChI is InChI=1S/C17H24N2O/c1-5-9-19(10-6-2)17(20)16-13(4)14-8-7-12(3)11-15(14)18-16/h7-8,11,18H,5-6,9-10H2,1-4H3. The number of benzene rings is 1. The molecule has 0 bridgehead atoms.